The number of ether oxygens (including phenoxy) is 1. The first-order valence-electron chi connectivity index (χ1n) is 9.83. The van der Waals surface area contributed by atoms with Crippen LogP contribution in [0.4, 0.5) is 0 Å². The second-order valence-corrected chi connectivity index (χ2v) is 8.39. The molecule has 140 valence electrons. The maximum atomic E-state index is 12.4. The Morgan fingerprint density at radius 1 is 1.19 bits per heavy atom. The minimum atomic E-state index is -0.217. The van der Waals surface area contributed by atoms with Gasteiger partial charge < -0.3 is 15.0 Å². The summed E-state index contributed by atoms with van der Waals surface area (Å²) in [6, 6.07) is 0.323. The summed E-state index contributed by atoms with van der Waals surface area (Å²) < 4.78 is 8.14. The summed E-state index contributed by atoms with van der Waals surface area (Å²) >= 11 is 0. The van der Waals surface area contributed by atoms with Gasteiger partial charge in [-0.05, 0) is 38.5 Å². The van der Waals surface area contributed by atoms with Crippen LogP contribution in [0.2, 0.25) is 0 Å². The normalized spacial score (nSPS) is 24.4. The lowest BCUT2D eigenvalue weighted by atomic mass is 9.83. The molecule has 0 bridgehead atoms. The van der Waals surface area contributed by atoms with Crippen LogP contribution in [0.5, 0.6) is 0 Å². The second-order valence-electron chi connectivity index (χ2n) is 8.39. The van der Waals surface area contributed by atoms with Gasteiger partial charge in [-0.25, -0.2) is 0 Å². The van der Waals surface area contributed by atoms with Gasteiger partial charge in [-0.3, -0.25) is 14.3 Å². The van der Waals surface area contributed by atoms with Crippen molar-refractivity contribution in [2.45, 2.75) is 63.2 Å². The Balaban J connectivity index is 1.30. The van der Waals surface area contributed by atoms with Crippen molar-refractivity contribution in [2.75, 3.05) is 13.1 Å². The number of fused-ring (bicyclic) bond motifs is 1. The average Bonchev–Trinajstić information content (AvgIpc) is 3.55. The maximum Gasteiger partial charge on any atom is 0.272 e. The number of hydrogen-bond acceptors (Lipinski definition) is 4. The average molecular weight is 358 g/mol. The number of nitrogens with zero attached hydrogens (tertiary/aromatic N) is 3. The van der Waals surface area contributed by atoms with Crippen LogP contribution < -0.4 is 5.32 Å². The molecule has 1 saturated heterocycles. The SMILES string of the molecule is Cn1nc(C(=O)NC2CC2)c2c1CC1(CCN(C(=O)C3CC3)CC1)OC2. The lowest BCUT2D eigenvalue weighted by Gasteiger charge is -2.44. The van der Waals surface area contributed by atoms with E-state index in [0.717, 1.165) is 69.3 Å². The number of aromatic nitrogens is 2. The second kappa shape index (κ2) is 5.81. The van der Waals surface area contributed by atoms with Gasteiger partial charge in [0, 0.05) is 49.8 Å². The van der Waals surface area contributed by atoms with Gasteiger partial charge in [-0.2, -0.15) is 5.10 Å². The molecule has 1 spiro atoms. The molecular formula is C19H26N4O3. The number of hydrogen-bond donors (Lipinski definition) is 1. The standard InChI is InChI=1S/C19H26N4O3/c1-22-15-10-19(6-8-23(9-7-19)18(25)12-2-3-12)26-11-14(15)16(21-22)17(24)20-13-4-5-13/h12-13H,2-11H2,1H3,(H,20,24). The van der Waals surface area contributed by atoms with E-state index in [1.54, 1.807) is 0 Å². The molecule has 2 saturated carbocycles. The Kier molecular flexibility index (Phi) is 3.64. The summed E-state index contributed by atoms with van der Waals surface area (Å²) in [4.78, 5) is 26.7. The number of nitrogens with one attached hydrogen (secondary N) is 1. The van der Waals surface area contributed by atoms with Crippen LogP contribution in [-0.4, -0.2) is 51.2 Å². The van der Waals surface area contributed by atoms with Crippen LogP contribution in [0.1, 0.15) is 60.3 Å². The molecule has 26 heavy (non-hydrogen) atoms. The van der Waals surface area contributed by atoms with Crippen molar-refractivity contribution in [3.63, 3.8) is 0 Å². The Hall–Kier alpha value is -1.89. The van der Waals surface area contributed by atoms with E-state index < -0.39 is 0 Å². The molecule has 0 unspecified atom stereocenters. The van der Waals surface area contributed by atoms with E-state index in [1.165, 1.54) is 0 Å². The van der Waals surface area contributed by atoms with Gasteiger partial charge in [0.15, 0.2) is 5.69 Å². The van der Waals surface area contributed by atoms with Crippen molar-refractivity contribution < 1.29 is 14.3 Å². The van der Waals surface area contributed by atoms with E-state index in [9.17, 15) is 9.59 Å². The summed E-state index contributed by atoms with van der Waals surface area (Å²) in [5, 5.41) is 7.51. The molecule has 1 aromatic heterocycles. The lowest BCUT2D eigenvalue weighted by molar-refractivity contribution is -0.142. The zero-order valence-corrected chi connectivity index (χ0v) is 15.3. The van der Waals surface area contributed by atoms with Crippen molar-refractivity contribution in [1.82, 2.24) is 20.0 Å². The van der Waals surface area contributed by atoms with Crippen LogP contribution in [0.25, 0.3) is 0 Å². The summed E-state index contributed by atoms with van der Waals surface area (Å²) in [7, 11) is 1.91. The number of aryl methyl sites for hydroxylation is 1. The number of amides is 2. The molecule has 3 heterocycles. The highest BCUT2D eigenvalue weighted by molar-refractivity contribution is 5.94. The summed E-state index contributed by atoms with van der Waals surface area (Å²) in [5.74, 6) is 0.539. The number of rotatable bonds is 3. The van der Waals surface area contributed by atoms with Crippen LogP contribution in [-0.2, 0) is 29.6 Å². The number of carbonyl (C=O) groups excluding carboxylic acids is 2. The molecule has 4 aliphatic rings. The van der Waals surface area contributed by atoms with Gasteiger partial charge >= 0.3 is 0 Å². The van der Waals surface area contributed by atoms with E-state index in [1.807, 2.05) is 16.6 Å². The fourth-order valence-electron chi connectivity index (χ4n) is 4.27. The molecule has 2 amide bonds. The molecule has 1 N–H and O–H groups in total. The van der Waals surface area contributed by atoms with Crippen LogP contribution >= 0.6 is 0 Å². The van der Waals surface area contributed by atoms with E-state index in [4.69, 9.17) is 4.74 Å². The topological polar surface area (TPSA) is 76.5 Å². The summed E-state index contributed by atoms with van der Waals surface area (Å²) in [6.07, 6.45) is 6.74. The van der Waals surface area contributed by atoms with Gasteiger partial charge in [0.1, 0.15) is 0 Å². The molecule has 0 aromatic carbocycles. The third kappa shape index (κ3) is 2.82. The number of piperidine rings is 1. The highest BCUT2D eigenvalue weighted by Gasteiger charge is 2.44. The Morgan fingerprint density at radius 2 is 1.92 bits per heavy atom. The zero-order chi connectivity index (χ0) is 17.9. The third-order valence-electron chi connectivity index (χ3n) is 6.33. The highest BCUT2D eigenvalue weighted by Crippen LogP contribution is 2.39. The molecule has 2 aliphatic heterocycles. The molecule has 5 rings (SSSR count). The van der Waals surface area contributed by atoms with Crippen LogP contribution in [0, 0.1) is 5.92 Å². The van der Waals surface area contributed by atoms with E-state index in [-0.39, 0.29) is 17.4 Å². The summed E-state index contributed by atoms with van der Waals surface area (Å²) in [6.45, 7) is 1.99. The fraction of sp³-hybridized carbons (Fsp3) is 0.737. The van der Waals surface area contributed by atoms with Crippen molar-refractivity contribution in [1.29, 1.82) is 0 Å². The molecule has 7 heteroatoms. The predicted molar refractivity (Wildman–Crippen MR) is 93.5 cm³/mol. The van der Waals surface area contributed by atoms with Crippen molar-refractivity contribution in [2.24, 2.45) is 13.0 Å². The predicted octanol–water partition coefficient (Wildman–Crippen LogP) is 1.16. The van der Waals surface area contributed by atoms with E-state index >= 15 is 0 Å². The number of carbonyl (C=O) groups is 2. The summed E-state index contributed by atoms with van der Waals surface area (Å²) in [5.41, 5.74) is 2.35. The van der Waals surface area contributed by atoms with Gasteiger partial charge in [0.2, 0.25) is 5.91 Å². The first-order valence-corrected chi connectivity index (χ1v) is 9.83. The minimum Gasteiger partial charge on any atom is -0.370 e. The van der Waals surface area contributed by atoms with Crippen molar-refractivity contribution >= 4 is 11.8 Å². The quantitative estimate of drug-likeness (QED) is 0.880. The fourth-order valence-corrected chi connectivity index (χ4v) is 4.27. The highest BCUT2D eigenvalue weighted by atomic mass is 16.5. The van der Waals surface area contributed by atoms with Gasteiger partial charge in [0.25, 0.3) is 5.91 Å². The van der Waals surface area contributed by atoms with Crippen molar-refractivity contribution in [3.05, 3.63) is 17.0 Å². The maximum absolute atomic E-state index is 12.4. The Labute approximate surface area is 153 Å². The molecule has 1 aromatic rings. The molecule has 3 fully saturated rings. The minimum absolute atomic E-state index is 0.0752. The first-order chi connectivity index (χ1) is 12.5. The zero-order valence-electron chi connectivity index (χ0n) is 15.3. The van der Waals surface area contributed by atoms with Gasteiger partial charge in [-0.1, -0.05) is 0 Å². The van der Waals surface area contributed by atoms with Crippen molar-refractivity contribution in [3.8, 4) is 0 Å². The lowest BCUT2D eigenvalue weighted by Crippen LogP contribution is -2.51. The van der Waals surface area contributed by atoms with E-state index in [0.29, 0.717) is 24.2 Å². The first kappa shape index (κ1) is 16.3. The Bertz CT molecular complexity index is 755. The van der Waals surface area contributed by atoms with Gasteiger partial charge in [-0.15, -0.1) is 0 Å². The van der Waals surface area contributed by atoms with Crippen LogP contribution in [0.15, 0.2) is 0 Å². The smallest absolute Gasteiger partial charge is 0.272 e. The largest absolute Gasteiger partial charge is 0.370 e. The Morgan fingerprint density at radius 3 is 2.58 bits per heavy atom. The molecule has 0 radical (unpaired) electrons. The monoisotopic (exact) mass is 358 g/mol. The molecule has 7 nitrogen and oxygen atoms in total. The third-order valence-corrected chi connectivity index (χ3v) is 6.33. The molecule has 0 atom stereocenters. The molecular weight excluding hydrogens is 332 g/mol. The van der Waals surface area contributed by atoms with Crippen LogP contribution in [0.3, 0.4) is 0 Å². The van der Waals surface area contributed by atoms with E-state index in [2.05, 4.69) is 10.4 Å². The van der Waals surface area contributed by atoms with Gasteiger partial charge in [0.05, 0.1) is 12.2 Å². The molecule has 2 aliphatic carbocycles. The number of likely N-dealkylation sites (tertiary alicyclic amines) is 1.